The van der Waals surface area contributed by atoms with Gasteiger partial charge in [-0.1, -0.05) is 44.9 Å². The van der Waals surface area contributed by atoms with Gasteiger partial charge >= 0.3 is 0 Å². The van der Waals surface area contributed by atoms with Crippen LogP contribution in [0.4, 0.5) is 0 Å². The Labute approximate surface area is 197 Å². The zero-order chi connectivity index (χ0) is 23.6. The summed E-state index contributed by atoms with van der Waals surface area (Å²) in [5, 5.41) is 4.50. The molecule has 4 rings (SSSR count). The van der Waals surface area contributed by atoms with Gasteiger partial charge in [0.05, 0.1) is 18.3 Å². The number of rotatable bonds is 6. The van der Waals surface area contributed by atoms with Crippen molar-refractivity contribution < 1.29 is 9.21 Å². The molecule has 1 aliphatic heterocycles. The Morgan fingerprint density at radius 1 is 1.21 bits per heavy atom. The molecule has 0 aliphatic carbocycles. The van der Waals surface area contributed by atoms with Crippen molar-refractivity contribution in [2.45, 2.75) is 78.9 Å². The SMILES string of the molecule is Cc1ccc2oc(CN3CCCCC3CC(NC(=O)C(C)(C)C)c3ccccn3)c(C)c2c1. The Balaban J connectivity index is 1.56. The second-order valence-corrected chi connectivity index (χ2v) is 10.5. The molecule has 1 N–H and O–H groups in total. The van der Waals surface area contributed by atoms with Crippen LogP contribution in [-0.2, 0) is 11.3 Å². The summed E-state index contributed by atoms with van der Waals surface area (Å²) < 4.78 is 6.28. The monoisotopic (exact) mass is 447 g/mol. The van der Waals surface area contributed by atoms with Gasteiger partial charge in [0.15, 0.2) is 0 Å². The highest BCUT2D eigenvalue weighted by Gasteiger charge is 2.31. The molecule has 33 heavy (non-hydrogen) atoms. The van der Waals surface area contributed by atoms with Crippen LogP contribution in [0, 0.1) is 19.3 Å². The van der Waals surface area contributed by atoms with Gasteiger partial charge in [-0.25, -0.2) is 0 Å². The van der Waals surface area contributed by atoms with Crippen molar-refractivity contribution in [2.75, 3.05) is 6.54 Å². The van der Waals surface area contributed by atoms with E-state index in [4.69, 9.17) is 4.42 Å². The van der Waals surface area contributed by atoms with Gasteiger partial charge in [-0.3, -0.25) is 14.7 Å². The summed E-state index contributed by atoms with van der Waals surface area (Å²) in [6.45, 7) is 12.0. The summed E-state index contributed by atoms with van der Waals surface area (Å²) in [5.74, 6) is 1.11. The van der Waals surface area contributed by atoms with Gasteiger partial charge in [0.25, 0.3) is 0 Å². The summed E-state index contributed by atoms with van der Waals surface area (Å²) >= 11 is 0. The molecular weight excluding hydrogens is 410 g/mol. The minimum absolute atomic E-state index is 0.0593. The number of carbonyl (C=O) groups is 1. The van der Waals surface area contributed by atoms with Crippen LogP contribution >= 0.6 is 0 Å². The fourth-order valence-corrected chi connectivity index (χ4v) is 4.74. The predicted octanol–water partition coefficient (Wildman–Crippen LogP) is 6.09. The minimum atomic E-state index is -0.442. The Hall–Kier alpha value is -2.66. The van der Waals surface area contributed by atoms with Gasteiger partial charge in [-0.15, -0.1) is 0 Å². The second kappa shape index (κ2) is 9.68. The number of hydrogen-bond donors (Lipinski definition) is 1. The number of nitrogens with zero attached hydrogens (tertiary/aromatic N) is 2. The standard InChI is InChI=1S/C28H37N3O2/c1-19-12-13-25-22(16-19)20(2)26(33-25)18-31-15-9-7-10-21(31)17-24(23-11-6-8-14-29-23)30-27(32)28(3,4)5/h6,8,11-14,16,21,24H,7,9-10,15,17-18H2,1-5H3,(H,30,32). The average Bonchev–Trinajstić information content (AvgIpc) is 3.09. The molecule has 5 nitrogen and oxygen atoms in total. The number of nitrogens with one attached hydrogen (secondary N) is 1. The molecule has 2 unspecified atom stereocenters. The van der Waals surface area contributed by atoms with Crippen molar-refractivity contribution in [2.24, 2.45) is 5.41 Å². The lowest BCUT2D eigenvalue weighted by Gasteiger charge is -2.37. The molecule has 0 spiro atoms. The molecule has 5 heteroatoms. The van der Waals surface area contributed by atoms with Crippen LogP contribution in [-0.4, -0.2) is 28.4 Å². The number of pyridine rings is 1. The maximum atomic E-state index is 12.9. The van der Waals surface area contributed by atoms with E-state index in [9.17, 15) is 4.79 Å². The van der Waals surface area contributed by atoms with Gasteiger partial charge in [-0.2, -0.15) is 0 Å². The van der Waals surface area contributed by atoms with E-state index in [0.29, 0.717) is 6.04 Å². The number of furan rings is 1. The maximum Gasteiger partial charge on any atom is 0.225 e. The predicted molar refractivity (Wildman–Crippen MR) is 133 cm³/mol. The first kappa shape index (κ1) is 23.5. The van der Waals surface area contributed by atoms with Crippen molar-refractivity contribution in [1.82, 2.24) is 15.2 Å². The maximum absolute atomic E-state index is 12.9. The summed E-state index contributed by atoms with van der Waals surface area (Å²) in [6.07, 6.45) is 6.17. The lowest BCUT2D eigenvalue weighted by molar-refractivity contribution is -0.129. The van der Waals surface area contributed by atoms with E-state index in [-0.39, 0.29) is 11.9 Å². The molecule has 1 amide bonds. The van der Waals surface area contributed by atoms with Gasteiger partial charge in [0, 0.05) is 23.0 Å². The minimum Gasteiger partial charge on any atom is -0.459 e. The summed E-state index contributed by atoms with van der Waals surface area (Å²) in [7, 11) is 0. The molecule has 1 saturated heterocycles. The highest BCUT2D eigenvalue weighted by atomic mass is 16.3. The molecule has 2 atom stereocenters. The van der Waals surface area contributed by atoms with E-state index in [1.165, 1.54) is 29.4 Å². The van der Waals surface area contributed by atoms with Crippen molar-refractivity contribution in [3.05, 3.63) is 65.2 Å². The molecular formula is C28H37N3O2. The molecule has 2 aromatic heterocycles. The summed E-state index contributed by atoms with van der Waals surface area (Å²) in [6, 6.07) is 12.6. The van der Waals surface area contributed by atoms with Gasteiger partial charge in [0.1, 0.15) is 11.3 Å². The third-order valence-corrected chi connectivity index (χ3v) is 6.83. The van der Waals surface area contributed by atoms with E-state index in [2.05, 4.69) is 47.2 Å². The van der Waals surface area contributed by atoms with Crippen LogP contribution in [0.25, 0.3) is 11.0 Å². The third-order valence-electron chi connectivity index (χ3n) is 6.83. The number of piperidine rings is 1. The molecule has 176 valence electrons. The summed E-state index contributed by atoms with van der Waals surface area (Å²) in [4.78, 5) is 20.0. The highest BCUT2D eigenvalue weighted by molar-refractivity contribution is 5.83. The largest absolute Gasteiger partial charge is 0.459 e. The first-order valence-electron chi connectivity index (χ1n) is 12.2. The number of fused-ring (bicyclic) bond motifs is 1. The first-order chi connectivity index (χ1) is 15.7. The molecule has 1 fully saturated rings. The normalized spacial score (nSPS) is 18.4. The van der Waals surface area contributed by atoms with Crippen molar-refractivity contribution in [3.63, 3.8) is 0 Å². The first-order valence-corrected chi connectivity index (χ1v) is 12.2. The van der Waals surface area contributed by atoms with Crippen LogP contribution in [0.1, 0.15) is 75.1 Å². The molecule has 3 aromatic rings. The molecule has 0 radical (unpaired) electrons. The quantitative estimate of drug-likeness (QED) is 0.496. The number of amides is 1. The smallest absolute Gasteiger partial charge is 0.225 e. The summed E-state index contributed by atoms with van der Waals surface area (Å²) in [5.41, 5.74) is 3.94. The van der Waals surface area contributed by atoms with Crippen LogP contribution in [0.5, 0.6) is 0 Å². The molecule has 3 heterocycles. The Morgan fingerprint density at radius 3 is 2.76 bits per heavy atom. The number of carbonyl (C=O) groups excluding carboxylic acids is 1. The van der Waals surface area contributed by atoms with Gasteiger partial charge in [-0.05, 0) is 69.5 Å². The van der Waals surface area contributed by atoms with Crippen molar-refractivity contribution >= 4 is 16.9 Å². The van der Waals surface area contributed by atoms with Gasteiger partial charge in [0.2, 0.25) is 5.91 Å². The molecule has 0 bridgehead atoms. The number of hydrogen-bond acceptors (Lipinski definition) is 4. The van der Waals surface area contributed by atoms with Crippen molar-refractivity contribution in [1.29, 1.82) is 0 Å². The molecule has 1 aromatic carbocycles. The van der Waals surface area contributed by atoms with Crippen molar-refractivity contribution in [3.8, 4) is 0 Å². The van der Waals surface area contributed by atoms with E-state index in [1.807, 2.05) is 45.2 Å². The van der Waals surface area contributed by atoms with Gasteiger partial charge < -0.3 is 9.73 Å². The second-order valence-electron chi connectivity index (χ2n) is 10.5. The number of aryl methyl sites for hydroxylation is 2. The Kier molecular flexibility index (Phi) is 6.89. The lowest BCUT2D eigenvalue weighted by Crippen LogP contribution is -2.44. The highest BCUT2D eigenvalue weighted by Crippen LogP contribution is 2.32. The number of benzene rings is 1. The molecule has 1 aliphatic rings. The number of aromatic nitrogens is 1. The topological polar surface area (TPSA) is 58.4 Å². The fourth-order valence-electron chi connectivity index (χ4n) is 4.74. The van der Waals surface area contributed by atoms with Crippen LogP contribution in [0.15, 0.2) is 47.0 Å². The zero-order valence-corrected chi connectivity index (χ0v) is 20.6. The number of likely N-dealkylation sites (tertiary alicyclic amines) is 1. The van der Waals surface area contributed by atoms with Crippen LogP contribution < -0.4 is 5.32 Å². The third kappa shape index (κ3) is 5.47. The lowest BCUT2D eigenvalue weighted by atomic mass is 9.91. The van der Waals surface area contributed by atoms with Crippen LogP contribution in [0.2, 0.25) is 0 Å². The average molecular weight is 448 g/mol. The van der Waals surface area contributed by atoms with E-state index < -0.39 is 5.41 Å². The van der Waals surface area contributed by atoms with E-state index in [0.717, 1.165) is 43.0 Å². The fraction of sp³-hybridized carbons (Fsp3) is 0.500. The zero-order valence-electron chi connectivity index (χ0n) is 20.6. The Morgan fingerprint density at radius 2 is 2.03 bits per heavy atom. The van der Waals surface area contributed by atoms with E-state index >= 15 is 0 Å². The van der Waals surface area contributed by atoms with E-state index in [1.54, 1.807) is 0 Å². The molecule has 0 saturated carbocycles. The van der Waals surface area contributed by atoms with Crippen LogP contribution in [0.3, 0.4) is 0 Å². The Bertz CT molecular complexity index is 1100.